The molecule has 1 aromatic heterocycles. The topological polar surface area (TPSA) is 78.1 Å². The van der Waals surface area contributed by atoms with E-state index in [4.69, 9.17) is 4.42 Å². The molecule has 2 N–H and O–H groups in total. The average Bonchev–Trinajstić information content (AvgIpc) is 3.18. The van der Waals surface area contributed by atoms with E-state index >= 15 is 0 Å². The van der Waals surface area contributed by atoms with Gasteiger partial charge in [0.1, 0.15) is 11.5 Å². The van der Waals surface area contributed by atoms with Crippen molar-refractivity contribution in [3.05, 3.63) is 83.8 Å². The van der Waals surface area contributed by atoms with Gasteiger partial charge in [-0.2, -0.15) is 10.1 Å². The van der Waals surface area contributed by atoms with Gasteiger partial charge in [-0.1, -0.05) is 24.3 Å². The zero-order chi connectivity index (χ0) is 18.1. The second-order valence-electron chi connectivity index (χ2n) is 5.96. The van der Waals surface area contributed by atoms with Crippen molar-refractivity contribution < 1.29 is 14.3 Å². The van der Waals surface area contributed by atoms with E-state index in [2.05, 4.69) is 10.4 Å². The minimum absolute atomic E-state index is 0.112. The van der Waals surface area contributed by atoms with E-state index in [0.717, 1.165) is 5.69 Å². The van der Waals surface area contributed by atoms with E-state index < -0.39 is 6.17 Å². The van der Waals surface area contributed by atoms with Crippen molar-refractivity contribution in [1.29, 1.82) is 0 Å². The first-order chi connectivity index (χ1) is 12.6. The number of phenolic OH excluding ortho intramolecular Hbond substituents is 1. The van der Waals surface area contributed by atoms with Crippen LogP contribution < -0.4 is 5.32 Å². The molecule has 0 saturated carbocycles. The Kier molecular flexibility index (Phi) is 3.93. The van der Waals surface area contributed by atoms with Gasteiger partial charge >= 0.3 is 0 Å². The van der Waals surface area contributed by atoms with Crippen LogP contribution in [0.1, 0.15) is 34.8 Å². The van der Waals surface area contributed by atoms with Crippen LogP contribution in [0.3, 0.4) is 0 Å². The van der Waals surface area contributed by atoms with Gasteiger partial charge in [-0.3, -0.25) is 4.79 Å². The molecule has 0 unspecified atom stereocenters. The molecule has 0 aliphatic carbocycles. The summed E-state index contributed by atoms with van der Waals surface area (Å²) in [6.07, 6.45) is 0.980. The van der Waals surface area contributed by atoms with Crippen molar-refractivity contribution >= 4 is 17.3 Å². The number of benzene rings is 2. The van der Waals surface area contributed by atoms with E-state index in [-0.39, 0.29) is 11.7 Å². The van der Waals surface area contributed by atoms with Gasteiger partial charge in [0.25, 0.3) is 5.91 Å². The van der Waals surface area contributed by atoms with Crippen LogP contribution in [0.2, 0.25) is 0 Å². The highest BCUT2D eigenvalue weighted by Gasteiger charge is 2.34. The van der Waals surface area contributed by atoms with Crippen LogP contribution in [0.4, 0.5) is 5.69 Å². The molecule has 26 heavy (non-hydrogen) atoms. The van der Waals surface area contributed by atoms with E-state index in [1.165, 1.54) is 5.01 Å². The summed E-state index contributed by atoms with van der Waals surface area (Å²) in [6, 6.07) is 17.7. The Hall–Kier alpha value is -3.54. The Bertz CT molecular complexity index is 979. The summed E-state index contributed by atoms with van der Waals surface area (Å²) in [4.78, 5) is 13.0. The molecule has 2 heterocycles. The van der Waals surface area contributed by atoms with Crippen molar-refractivity contribution in [1.82, 2.24) is 5.01 Å². The number of nitrogens with one attached hydrogen (secondary N) is 1. The van der Waals surface area contributed by atoms with Crippen molar-refractivity contribution in [3.8, 4) is 5.75 Å². The summed E-state index contributed by atoms with van der Waals surface area (Å²) in [5.41, 5.74) is 2.35. The Morgan fingerprint density at radius 3 is 2.65 bits per heavy atom. The molecular formula is C20H17N3O3. The van der Waals surface area contributed by atoms with E-state index in [0.29, 0.717) is 22.6 Å². The number of hydrogen-bond donors (Lipinski definition) is 2. The number of nitrogens with zero attached hydrogens (tertiary/aromatic N) is 2. The van der Waals surface area contributed by atoms with Crippen molar-refractivity contribution in [3.63, 3.8) is 0 Å². The molecule has 1 aliphatic rings. The van der Waals surface area contributed by atoms with Gasteiger partial charge < -0.3 is 14.8 Å². The fourth-order valence-electron chi connectivity index (χ4n) is 2.98. The molecule has 6 heteroatoms. The maximum Gasteiger partial charge on any atom is 0.278 e. The van der Waals surface area contributed by atoms with Gasteiger partial charge in [0.15, 0.2) is 6.17 Å². The Balaban J connectivity index is 1.80. The third-order valence-corrected chi connectivity index (χ3v) is 4.27. The maximum atomic E-state index is 13.0. The number of amides is 1. The highest BCUT2D eigenvalue weighted by molar-refractivity contribution is 6.05. The third kappa shape index (κ3) is 2.71. The van der Waals surface area contributed by atoms with Gasteiger partial charge in [-0.25, -0.2) is 0 Å². The number of hydrogen-bond acceptors (Lipinski definition) is 5. The number of para-hydroxylation sites is 2. The number of phenols is 1. The number of anilines is 1. The molecular weight excluding hydrogens is 330 g/mol. The van der Waals surface area contributed by atoms with Crippen LogP contribution >= 0.6 is 0 Å². The lowest BCUT2D eigenvalue weighted by Gasteiger charge is -2.33. The molecule has 4 rings (SSSR count). The van der Waals surface area contributed by atoms with Crippen molar-refractivity contribution in [2.45, 2.75) is 13.1 Å². The molecule has 2 aromatic carbocycles. The van der Waals surface area contributed by atoms with Gasteiger partial charge in [0.05, 0.1) is 17.5 Å². The van der Waals surface area contributed by atoms with Gasteiger partial charge in [0.2, 0.25) is 0 Å². The van der Waals surface area contributed by atoms with Crippen molar-refractivity contribution in [2.24, 2.45) is 5.10 Å². The van der Waals surface area contributed by atoms with Crippen LogP contribution in [0.25, 0.3) is 0 Å². The molecule has 0 saturated heterocycles. The van der Waals surface area contributed by atoms with Gasteiger partial charge in [-0.05, 0) is 43.3 Å². The van der Waals surface area contributed by atoms with Crippen molar-refractivity contribution in [2.75, 3.05) is 5.32 Å². The number of carbonyl (C=O) groups is 1. The zero-order valence-corrected chi connectivity index (χ0v) is 14.1. The fourth-order valence-corrected chi connectivity index (χ4v) is 2.98. The van der Waals surface area contributed by atoms with E-state index in [1.807, 2.05) is 24.3 Å². The van der Waals surface area contributed by atoms with E-state index in [1.54, 1.807) is 49.6 Å². The Morgan fingerprint density at radius 1 is 1.12 bits per heavy atom. The molecule has 0 fully saturated rings. The Labute approximate surface area is 150 Å². The van der Waals surface area contributed by atoms with E-state index in [9.17, 15) is 9.90 Å². The lowest BCUT2D eigenvalue weighted by atomic mass is 10.1. The monoisotopic (exact) mass is 347 g/mol. The lowest BCUT2D eigenvalue weighted by molar-refractivity contribution is 0.0670. The second kappa shape index (κ2) is 6.40. The smallest absolute Gasteiger partial charge is 0.278 e. The summed E-state index contributed by atoms with van der Waals surface area (Å²) in [6.45, 7) is 1.75. The minimum Gasteiger partial charge on any atom is -0.507 e. The molecule has 1 atom stereocenters. The SMILES string of the molecule is C/C(=N\N1C(=O)c2ccccc2N[C@@H]1c1ccco1)c1ccccc1O. The normalized spacial score (nSPS) is 17.0. The number of carbonyl (C=O) groups excluding carboxylic acids is 1. The fraction of sp³-hybridized carbons (Fsp3) is 0.100. The standard InChI is InChI=1S/C20H17N3O3/c1-13(14-7-3-5-10-17(14)24)22-23-19(18-11-6-12-26-18)21-16-9-4-2-8-15(16)20(23)25/h2-12,19,21,24H,1H3/b22-13+/t19-/m0/s1. The first-order valence-electron chi connectivity index (χ1n) is 8.21. The van der Waals surface area contributed by atoms with Crippen LogP contribution in [-0.2, 0) is 0 Å². The number of rotatable bonds is 3. The highest BCUT2D eigenvalue weighted by atomic mass is 16.3. The minimum atomic E-state index is -0.576. The maximum absolute atomic E-state index is 13.0. The molecule has 6 nitrogen and oxygen atoms in total. The van der Waals surface area contributed by atoms with Gasteiger partial charge in [-0.15, -0.1) is 0 Å². The number of furan rings is 1. The summed E-state index contributed by atoms with van der Waals surface area (Å²) in [5, 5.41) is 19.2. The summed E-state index contributed by atoms with van der Waals surface area (Å²) < 4.78 is 5.50. The first kappa shape index (κ1) is 16.0. The molecule has 1 amide bonds. The Morgan fingerprint density at radius 2 is 1.88 bits per heavy atom. The van der Waals surface area contributed by atoms with Crippen LogP contribution in [0.15, 0.2) is 76.4 Å². The summed E-state index contributed by atoms with van der Waals surface area (Å²) in [7, 11) is 0. The van der Waals surface area contributed by atoms with Crippen LogP contribution in [-0.4, -0.2) is 21.7 Å². The average molecular weight is 347 g/mol. The van der Waals surface area contributed by atoms with Crippen LogP contribution in [0, 0.1) is 0 Å². The predicted molar refractivity (Wildman–Crippen MR) is 98.0 cm³/mol. The molecule has 1 aliphatic heterocycles. The highest BCUT2D eigenvalue weighted by Crippen LogP contribution is 2.34. The largest absolute Gasteiger partial charge is 0.507 e. The number of hydrazone groups is 1. The van der Waals surface area contributed by atoms with Crippen LogP contribution in [0.5, 0.6) is 5.75 Å². The van der Waals surface area contributed by atoms with Gasteiger partial charge in [0, 0.05) is 11.3 Å². The first-order valence-corrected chi connectivity index (χ1v) is 8.21. The third-order valence-electron chi connectivity index (χ3n) is 4.27. The molecule has 0 radical (unpaired) electrons. The lowest BCUT2D eigenvalue weighted by Crippen LogP contribution is -2.40. The quantitative estimate of drug-likeness (QED) is 0.703. The predicted octanol–water partition coefficient (Wildman–Crippen LogP) is 3.98. The summed E-state index contributed by atoms with van der Waals surface area (Å²) >= 11 is 0. The molecule has 0 bridgehead atoms. The summed E-state index contributed by atoms with van der Waals surface area (Å²) in [5.74, 6) is 0.443. The molecule has 130 valence electrons. The molecule has 3 aromatic rings. The molecule has 0 spiro atoms. The number of fused-ring (bicyclic) bond motifs is 1. The zero-order valence-electron chi connectivity index (χ0n) is 14.1. The number of aromatic hydroxyl groups is 1. The second-order valence-corrected chi connectivity index (χ2v) is 5.96.